The van der Waals surface area contributed by atoms with E-state index in [9.17, 15) is 0 Å². The van der Waals surface area contributed by atoms with Gasteiger partial charge >= 0.3 is 0 Å². The summed E-state index contributed by atoms with van der Waals surface area (Å²) in [6.45, 7) is 1.15. The van der Waals surface area contributed by atoms with E-state index in [1.165, 1.54) is 5.56 Å². The molecule has 1 aliphatic rings. The summed E-state index contributed by atoms with van der Waals surface area (Å²) in [5.41, 5.74) is 2.23. The Balaban J connectivity index is 1.91. The van der Waals surface area contributed by atoms with Crippen LogP contribution >= 0.6 is 0 Å². The number of pyridine rings is 1. The number of aliphatic hydroxyl groups is 1. The maximum atomic E-state index is 8.94. The van der Waals surface area contributed by atoms with E-state index in [1.54, 1.807) is 0 Å². The van der Waals surface area contributed by atoms with Crippen LogP contribution in [0.2, 0.25) is 0 Å². The largest absolute Gasteiger partial charge is 0.396 e. The van der Waals surface area contributed by atoms with Crippen LogP contribution in [0.1, 0.15) is 30.1 Å². The second kappa shape index (κ2) is 5.40. The van der Waals surface area contributed by atoms with Crippen molar-refractivity contribution in [1.29, 1.82) is 0 Å². The van der Waals surface area contributed by atoms with E-state index < -0.39 is 0 Å². The molecule has 0 spiro atoms. The van der Waals surface area contributed by atoms with E-state index in [1.807, 2.05) is 29.2 Å². The Morgan fingerprint density at radius 1 is 1.42 bits per heavy atom. The third kappa shape index (κ3) is 2.33. The zero-order chi connectivity index (χ0) is 13.1. The number of nitrogens with one attached hydrogen (secondary N) is 1. The summed E-state index contributed by atoms with van der Waals surface area (Å²) in [6.07, 6.45) is 6.35. The molecule has 0 amide bonds. The SMILES string of the molecule is OCCCc1cnn2c1NCCC2c1ccccn1. The highest BCUT2D eigenvalue weighted by molar-refractivity contribution is 5.46. The predicted molar refractivity (Wildman–Crippen MR) is 73.1 cm³/mol. The normalized spacial score (nSPS) is 17.8. The van der Waals surface area contributed by atoms with Crippen LogP contribution in [-0.4, -0.2) is 33.0 Å². The first-order valence-corrected chi connectivity index (χ1v) is 6.72. The molecule has 0 aromatic carbocycles. The smallest absolute Gasteiger partial charge is 0.128 e. The van der Waals surface area contributed by atoms with E-state index in [4.69, 9.17) is 5.11 Å². The molecular weight excluding hydrogens is 240 g/mol. The zero-order valence-electron chi connectivity index (χ0n) is 10.8. The number of anilines is 1. The minimum atomic E-state index is 0.209. The highest BCUT2D eigenvalue weighted by Gasteiger charge is 2.24. The van der Waals surface area contributed by atoms with Gasteiger partial charge < -0.3 is 10.4 Å². The summed E-state index contributed by atoms with van der Waals surface area (Å²) in [4.78, 5) is 4.44. The molecular formula is C14H18N4O. The first-order chi connectivity index (χ1) is 9.40. The molecule has 3 heterocycles. The number of aliphatic hydroxyl groups excluding tert-OH is 1. The lowest BCUT2D eigenvalue weighted by Crippen LogP contribution is -2.25. The molecule has 0 saturated heterocycles. The van der Waals surface area contributed by atoms with Gasteiger partial charge in [-0.2, -0.15) is 5.10 Å². The number of aryl methyl sites for hydroxylation is 1. The Morgan fingerprint density at radius 2 is 2.37 bits per heavy atom. The lowest BCUT2D eigenvalue weighted by molar-refractivity contribution is 0.288. The number of hydrogen-bond donors (Lipinski definition) is 2. The van der Waals surface area contributed by atoms with Gasteiger partial charge in [0.1, 0.15) is 5.82 Å². The fraction of sp³-hybridized carbons (Fsp3) is 0.429. The average Bonchev–Trinajstić information content (AvgIpc) is 2.89. The van der Waals surface area contributed by atoms with Gasteiger partial charge in [-0.15, -0.1) is 0 Å². The van der Waals surface area contributed by atoms with E-state index in [2.05, 4.69) is 21.5 Å². The second-order valence-electron chi connectivity index (χ2n) is 4.78. The van der Waals surface area contributed by atoms with Gasteiger partial charge in [0.15, 0.2) is 0 Å². The van der Waals surface area contributed by atoms with Crippen LogP contribution in [0.4, 0.5) is 5.82 Å². The molecule has 0 aliphatic carbocycles. The van der Waals surface area contributed by atoms with Crippen LogP contribution in [0, 0.1) is 0 Å². The highest BCUT2D eigenvalue weighted by atomic mass is 16.2. The van der Waals surface area contributed by atoms with Crippen molar-refractivity contribution in [3.8, 4) is 0 Å². The molecule has 0 fully saturated rings. The lowest BCUT2D eigenvalue weighted by atomic mass is 10.1. The van der Waals surface area contributed by atoms with Crippen LogP contribution in [-0.2, 0) is 6.42 Å². The molecule has 2 N–H and O–H groups in total. The molecule has 0 radical (unpaired) electrons. The van der Waals surface area contributed by atoms with Crippen molar-refractivity contribution in [3.63, 3.8) is 0 Å². The molecule has 3 rings (SSSR count). The molecule has 0 bridgehead atoms. The van der Waals surface area contributed by atoms with Crippen molar-refractivity contribution in [2.24, 2.45) is 0 Å². The Labute approximate surface area is 112 Å². The maximum absolute atomic E-state index is 8.94. The van der Waals surface area contributed by atoms with Gasteiger partial charge in [-0.3, -0.25) is 4.98 Å². The summed E-state index contributed by atoms with van der Waals surface area (Å²) >= 11 is 0. The van der Waals surface area contributed by atoms with Crippen LogP contribution < -0.4 is 5.32 Å². The van der Waals surface area contributed by atoms with Crippen molar-refractivity contribution >= 4 is 5.82 Å². The van der Waals surface area contributed by atoms with Crippen LogP contribution in [0.15, 0.2) is 30.6 Å². The fourth-order valence-electron chi connectivity index (χ4n) is 2.58. The third-order valence-electron chi connectivity index (χ3n) is 3.51. The summed E-state index contributed by atoms with van der Waals surface area (Å²) in [5, 5.41) is 16.9. The molecule has 100 valence electrons. The monoisotopic (exact) mass is 258 g/mol. The van der Waals surface area contributed by atoms with E-state index in [0.29, 0.717) is 0 Å². The van der Waals surface area contributed by atoms with Gasteiger partial charge in [0.05, 0.1) is 17.9 Å². The summed E-state index contributed by atoms with van der Waals surface area (Å²) in [6, 6.07) is 6.20. The number of aromatic nitrogens is 3. The van der Waals surface area contributed by atoms with Gasteiger partial charge in [-0.05, 0) is 31.4 Å². The molecule has 1 atom stereocenters. The maximum Gasteiger partial charge on any atom is 0.128 e. The summed E-state index contributed by atoms with van der Waals surface area (Å²) in [7, 11) is 0. The minimum Gasteiger partial charge on any atom is -0.396 e. The minimum absolute atomic E-state index is 0.209. The van der Waals surface area contributed by atoms with Gasteiger partial charge in [-0.1, -0.05) is 6.07 Å². The molecule has 1 aliphatic heterocycles. The second-order valence-corrected chi connectivity index (χ2v) is 4.78. The zero-order valence-corrected chi connectivity index (χ0v) is 10.8. The van der Waals surface area contributed by atoms with Gasteiger partial charge in [-0.25, -0.2) is 4.68 Å². The van der Waals surface area contributed by atoms with Crippen molar-refractivity contribution in [2.75, 3.05) is 18.5 Å². The number of fused-ring (bicyclic) bond motifs is 1. The molecule has 2 aromatic heterocycles. The van der Waals surface area contributed by atoms with Gasteiger partial charge in [0.2, 0.25) is 0 Å². The molecule has 1 unspecified atom stereocenters. The summed E-state index contributed by atoms with van der Waals surface area (Å²) < 4.78 is 2.03. The molecule has 5 heteroatoms. The van der Waals surface area contributed by atoms with Crippen molar-refractivity contribution in [3.05, 3.63) is 41.9 Å². The van der Waals surface area contributed by atoms with E-state index >= 15 is 0 Å². The van der Waals surface area contributed by atoms with Crippen molar-refractivity contribution < 1.29 is 5.11 Å². The standard InChI is InChI=1S/C14H18N4O/c19-9-3-4-11-10-17-18-13(6-8-16-14(11)18)12-5-1-2-7-15-12/h1-2,5,7,10,13,16,19H,3-4,6,8-9H2. The van der Waals surface area contributed by atoms with E-state index in [-0.39, 0.29) is 12.6 Å². The molecule has 19 heavy (non-hydrogen) atoms. The first-order valence-electron chi connectivity index (χ1n) is 6.72. The van der Waals surface area contributed by atoms with Gasteiger partial charge in [0, 0.05) is 24.9 Å². The topological polar surface area (TPSA) is 63.0 Å². The fourth-order valence-corrected chi connectivity index (χ4v) is 2.58. The predicted octanol–water partition coefficient (Wildman–Crippen LogP) is 1.61. The highest BCUT2D eigenvalue weighted by Crippen LogP contribution is 2.30. The van der Waals surface area contributed by atoms with Crippen molar-refractivity contribution in [1.82, 2.24) is 14.8 Å². The molecule has 5 nitrogen and oxygen atoms in total. The van der Waals surface area contributed by atoms with Crippen molar-refractivity contribution in [2.45, 2.75) is 25.3 Å². The average molecular weight is 258 g/mol. The quantitative estimate of drug-likeness (QED) is 0.874. The Morgan fingerprint density at radius 3 is 3.16 bits per heavy atom. The van der Waals surface area contributed by atoms with Crippen LogP contribution in [0.3, 0.4) is 0 Å². The number of nitrogens with zero attached hydrogens (tertiary/aromatic N) is 3. The van der Waals surface area contributed by atoms with E-state index in [0.717, 1.165) is 37.3 Å². The third-order valence-corrected chi connectivity index (χ3v) is 3.51. The Bertz CT molecular complexity index is 538. The first kappa shape index (κ1) is 12.2. The molecule has 0 saturated carbocycles. The summed E-state index contributed by atoms with van der Waals surface area (Å²) in [5.74, 6) is 1.08. The Hall–Kier alpha value is -1.88. The molecule has 2 aromatic rings. The number of hydrogen-bond acceptors (Lipinski definition) is 4. The van der Waals surface area contributed by atoms with Gasteiger partial charge in [0.25, 0.3) is 0 Å². The lowest BCUT2D eigenvalue weighted by Gasteiger charge is -2.26. The van der Waals surface area contributed by atoms with Crippen LogP contribution in [0.25, 0.3) is 0 Å². The Kier molecular flexibility index (Phi) is 3.46. The van der Waals surface area contributed by atoms with Crippen LogP contribution in [0.5, 0.6) is 0 Å². The number of rotatable bonds is 4.